The van der Waals surface area contributed by atoms with Crippen LogP contribution in [0.5, 0.6) is 0 Å². The molecule has 1 rings (SSSR count). The molecule has 1 saturated heterocycles. The maximum Gasteiger partial charge on any atom is 0.417 e. The Bertz CT molecular complexity index is 314. The number of piperidine rings is 1. The average Bonchev–Trinajstić information content (AvgIpc) is 2.14. The van der Waals surface area contributed by atoms with Crippen molar-refractivity contribution in [1.82, 2.24) is 4.90 Å². The van der Waals surface area contributed by atoms with Gasteiger partial charge >= 0.3 is 12.3 Å². The van der Waals surface area contributed by atoms with Crippen LogP contribution in [0.4, 0.5) is 18.0 Å². The Balaban J connectivity index is 2.57. The number of hydrogen-bond donors (Lipinski definition) is 1. The van der Waals surface area contributed by atoms with Crippen LogP contribution in [0.2, 0.25) is 0 Å². The number of carbonyl (C=O) groups excluding carboxylic acids is 1. The van der Waals surface area contributed by atoms with E-state index in [0.717, 1.165) is 0 Å². The van der Waals surface area contributed by atoms with Crippen molar-refractivity contribution in [2.45, 2.75) is 51.0 Å². The number of rotatable bonds is 0. The quantitative estimate of drug-likeness (QED) is 0.734. The van der Waals surface area contributed by atoms with Crippen LogP contribution in [-0.2, 0) is 4.74 Å². The summed E-state index contributed by atoms with van der Waals surface area (Å²) in [5.41, 5.74) is -3.37. The summed E-state index contributed by atoms with van der Waals surface area (Å²) in [6.45, 7) is 4.72. The van der Waals surface area contributed by atoms with E-state index in [2.05, 4.69) is 0 Å². The normalized spacial score (nSPS) is 20.7. The van der Waals surface area contributed by atoms with Gasteiger partial charge < -0.3 is 14.7 Å². The van der Waals surface area contributed by atoms with Gasteiger partial charge in [0.05, 0.1) is 0 Å². The van der Waals surface area contributed by atoms with Gasteiger partial charge in [-0.25, -0.2) is 4.79 Å². The molecule has 0 aromatic heterocycles. The molecule has 1 aliphatic heterocycles. The lowest BCUT2D eigenvalue weighted by molar-refractivity contribution is -0.271. The molecule has 0 aromatic rings. The van der Waals surface area contributed by atoms with E-state index in [9.17, 15) is 23.1 Å². The van der Waals surface area contributed by atoms with Crippen molar-refractivity contribution >= 4 is 6.09 Å². The Hall–Kier alpha value is -0.980. The van der Waals surface area contributed by atoms with Crippen molar-refractivity contribution < 1.29 is 27.8 Å². The summed E-state index contributed by atoms with van der Waals surface area (Å²) in [4.78, 5) is 12.8. The first-order chi connectivity index (χ1) is 7.95. The number of carbonyl (C=O) groups is 1. The van der Waals surface area contributed by atoms with E-state index in [1.54, 1.807) is 20.8 Å². The van der Waals surface area contributed by atoms with Crippen LogP contribution in [0.25, 0.3) is 0 Å². The molecular weight excluding hydrogens is 251 g/mol. The molecule has 0 radical (unpaired) electrons. The van der Waals surface area contributed by atoms with Gasteiger partial charge in [0, 0.05) is 25.9 Å². The van der Waals surface area contributed by atoms with E-state index in [-0.39, 0.29) is 13.1 Å². The summed E-state index contributed by atoms with van der Waals surface area (Å²) in [6.07, 6.45) is -6.34. The molecule has 1 N–H and O–H groups in total. The lowest BCUT2D eigenvalue weighted by atomic mass is 9.91. The third-order valence-electron chi connectivity index (χ3n) is 2.77. The van der Waals surface area contributed by atoms with E-state index >= 15 is 0 Å². The first kappa shape index (κ1) is 15.1. The topological polar surface area (TPSA) is 49.8 Å². The second-order valence-electron chi connectivity index (χ2n) is 5.50. The fourth-order valence-electron chi connectivity index (χ4n) is 1.67. The number of likely N-dealkylation sites (tertiary alicyclic amines) is 1. The highest BCUT2D eigenvalue weighted by molar-refractivity contribution is 5.68. The van der Waals surface area contributed by atoms with Crippen molar-refractivity contribution in [3.63, 3.8) is 0 Å². The Labute approximate surface area is 104 Å². The van der Waals surface area contributed by atoms with Crippen LogP contribution in [-0.4, -0.2) is 46.6 Å². The summed E-state index contributed by atoms with van der Waals surface area (Å²) in [7, 11) is 0. The van der Waals surface area contributed by atoms with E-state index in [0.29, 0.717) is 0 Å². The van der Waals surface area contributed by atoms with Gasteiger partial charge in [-0.1, -0.05) is 0 Å². The molecule has 18 heavy (non-hydrogen) atoms. The molecular formula is C11H18F3NO3. The first-order valence-electron chi connectivity index (χ1n) is 5.72. The molecule has 7 heteroatoms. The van der Waals surface area contributed by atoms with Crippen LogP contribution in [0.3, 0.4) is 0 Å². The van der Waals surface area contributed by atoms with E-state index in [1.165, 1.54) is 4.90 Å². The van der Waals surface area contributed by atoms with Gasteiger partial charge in [-0.2, -0.15) is 13.2 Å². The maximum absolute atomic E-state index is 12.5. The molecule has 0 unspecified atom stereocenters. The molecule has 0 spiro atoms. The minimum atomic E-state index is -4.66. The van der Waals surface area contributed by atoms with Crippen molar-refractivity contribution in [2.24, 2.45) is 0 Å². The number of halogens is 3. The smallest absolute Gasteiger partial charge is 0.417 e. The monoisotopic (exact) mass is 269 g/mol. The van der Waals surface area contributed by atoms with Crippen molar-refractivity contribution in [3.05, 3.63) is 0 Å². The molecule has 1 aliphatic rings. The fraction of sp³-hybridized carbons (Fsp3) is 0.909. The lowest BCUT2D eigenvalue weighted by Gasteiger charge is -2.39. The summed E-state index contributed by atoms with van der Waals surface area (Å²) in [5.74, 6) is 0. The lowest BCUT2D eigenvalue weighted by Crippen LogP contribution is -2.54. The third-order valence-corrected chi connectivity index (χ3v) is 2.77. The SMILES string of the molecule is CC(C)(C)OC(=O)N1CCC(O)(C(F)(F)F)CC1. The number of alkyl halides is 3. The molecule has 1 fully saturated rings. The predicted octanol–water partition coefficient (Wildman–Crippen LogP) is 2.31. The number of aliphatic hydroxyl groups is 1. The number of hydrogen-bond acceptors (Lipinski definition) is 3. The zero-order valence-electron chi connectivity index (χ0n) is 10.7. The predicted molar refractivity (Wildman–Crippen MR) is 58.0 cm³/mol. The largest absolute Gasteiger partial charge is 0.444 e. The van der Waals surface area contributed by atoms with Crippen molar-refractivity contribution in [1.29, 1.82) is 0 Å². The summed E-state index contributed by atoms with van der Waals surface area (Å²) in [5, 5.41) is 9.44. The molecule has 1 heterocycles. The van der Waals surface area contributed by atoms with E-state index in [4.69, 9.17) is 4.74 Å². The first-order valence-corrected chi connectivity index (χ1v) is 5.72. The molecule has 1 amide bonds. The van der Waals surface area contributed by atoms with Gasteiger partial charge in [-0.15, -0.1) is 0 Å². The van der Waals surface area contributed by atoms with Crippen molar-refractivity contribution in [3.8, 4) is 0 Å². The van der Waals surface area contributed by atoms with Gasteiger partial charge in [0.2, 0.25) is 0 Å². The third kappa shape index (κ3) is 3.51. The zero-order valence-corrected chi connectivity index (χ0v) is 10.7. The van der Waals surface area contributed by atoms with E-state index < -0.39 is 36.3 Å². The zero-order chi connectivity index (χ0) is 14.2. The molecule has 0 aliphatic carbocycles. The van der Waals surface area contributed by atoms with Crippen LogP contribution in [0, 0.1) is 0 Å². The molecule has 4 nitrogen and oxygen atoms in total. The van der Waals surface area contributed by atoms with Gasteiger partial charge in [-0.05, 0) is 20.8 Å². The fourth-order valence-corrected chi connectivity index (χ4v) is 1.67. The number of ether oxygens (including phenoxy) is 1. The van der Waals surface area contributed by atoms with Gasteiger partial charge in [0.25, 0.3) is 0 Å². The second kappa shape index (κ2) is 4.60. The summed E-state index contributed by atoms with van der Waals surface area (Å²) in [6, 6.07) is 0. The summed E-state index contributed by atoms with van der Waals surface area (Å²) < 4.78 is 42.7. The second-order valence-corrected chi connectivity index (χ2v) is 5.50. The standard InChI is InChI=1S/C11H18F3NO3/c1-9(2,3)18-8(16)15-6-4-10(17,5-7-15)11(12,13)14/h17H,4-7H2,1-3H3. The average molecular weight is 269 g/mol. The van der Waals surface area contributed by atoms with Gasteiger partial charge in [0.1, 0.15) is 5.60 Å². The highest BCUT2D eigenvalue weighted by Crippen LogP contribution is 2.38. The minimum absolute atomic E-state index is 0.162. The molecule has 0 saturated carbocycles. The Morgan fingerprint density at radius 3 is 2.00 bits per heavy atom. The Kier molecular flexibility index (Phi) is 3.86. The van der Waals surface area contributed by atoms with Crippen molar-refractivity contribution in [2.75, 3.05) is 13.1 Å². The van der Waals surface area contributed by atoms with Crippen LogP contribution in [0.15, 0.2) is 0 Å². The Morgan fingerprint density at radius 1 is 1.22 bits per heavy atom. The van der Waals surface area contributed by atoms with Crippen LogP contribution < -0.4 is 0 Å². The number of amides is 1. The van der Waals surface area contributed by atoms with Crippen LogP contribution >= 0.6 is 0 Å². The summed E-state index contributed by atoms with van der Waals surface area (Å²) >= 11 is 0. The van der Waals surface area contributed by atoms with Gasteiger partial charge in [0.15, 0.2) is 5.60 Å². The molecule has 0 atom stereocenters. The van der Waals surface area contributed by atoms with E-state index in [1.807, 2.05) is 0 Å². The highest BCUT2D eigenvalue weighted by atomic mass is 19.4. The van der Waals surface area contributed by atoms with Crippen LogP contribution in [0.1, 0.15) is 33.6 Å². The Morgan fingerprint density at radius 2 is 1.67 bits per heavy atom. The molecule has 0 bridgehead atoms. The highest BCUT2D eigenvalue weighted by Gasteiger charge is 2.55. The number of nitrogens with zero attached hydrogens (tertiary/aromatic N) is 1. The van der Waals surface area contributed by atoms with Gasteiger partial charge in [-0.3, -0.25) is 0 Å². The molecule has 0 aromatic carbocycles. The molecule has 106 valence electrons. The maximum atomic E-state index is 12.5. The minimum Gasteiger partial charge on any atom is -0.444 e.